The number of unbranched alkanes of at least 4 members (excludes halogenated alkanes) is 8. The van der Waals surface area contributed by atoms with E-state index in [1.54, 1.807) is 0 Å². The van der Waals surface area contributed by atoms with Gasteiger partial charge in [-0.25, -0.2) is 0 Å². The first-order valence-corrected chi connectivity index (χ1v) is 12.2. The minimum Gasteiger partial charge on any atom is -1.00 e. The fourth-order valence-corrected chi connectivity index (χ4v) is 3.71. The van der Waals surface area contributed by atoms with E-state index in [0.717, 1.165) is 43.5 Å². The Hall–Kier alpha value is -1.24. The Kier molecular flexibility index (Phi) is 24.0. The lowest BCUT2D eigenvalue weighted by Crippen LogP contribution is -3.00. The van der Waals surface area contributed by atoms with Gasteiger partial charge in [0.05, 0.1) is 31.9 Å². The van der Waals surface area contributed by atoms with Gasteiger partial charge in [-0.15, -0.1) is 0 Å². The summed E-state index contributed by atoms with van der Waals surface area (Å²) >= 11 is 0. The highest BCUT2D eigenvalue weighted by Gasteiger charge is 2.20. The van der Waals surface area contributed by atoms with Gasteiger partial charge in [-0.3, -0.25) is 4.55 Å². The Labute approximate surface area is 179 Å². The average molecular weight is 434 g/mol. The van der Waals surface area contributed by atoms with Crippen molar-refractivity contribution >= 4 is 10.1 Å². The molecule has 0 saturated carbocycles. The highest BCUT2D eigenvalue weighted by molar-refractivity contribution is 7.85. The molecule has 172 valence electrons. The van der Waals surface area contributed by atoms with E-state index in [4.69, 9.17) is 4.55 Å². The molecule has 0 atom stereocenters. The molecule has 1 N–H and O–H groups in total. The highest BCUT2D eigenvalue weighted by atomic mass is 32.2. The second kappa shape index (κ2) is 21.5. The van der Waals surface area contributed by atoms with E-state index in [1.165, 1.54) is 38.5 Å². The van der Waals surface area contributed by atoms with E-state index in [0.29, 0.717) is 6.42 Å². The molecule has 4 nitrogen and oxygen atoms in total. The molecule has 0 bridgehead atoms. The molecule has 29 heavy (non-hydrogen) atoms. The van der Waals surface area contributed by atoms with Crippen molar-refractivity contribution in [3.05, 3.63) is 50.6 Å². The second-order valence-corrected chi connectivity index (χ2v) is 8.91. The molecule has 0 aromatic carbocycles. The van der Waals surface area contributed by atoms with Gasteiger partial charge in [0.15, 0.2) is 0 Å². The zero-order valence-corrected chi connectivity index (χ0v) is 19.4. The molecule has 0 heterocycles. The summed E-state index contributed by atoms with van der Waals surface area (Å²) in [5.41, 5.74) is 0. The van der Waals surface area contributed by atoms with Crippen molar-refractivity contribution < 1.29 is 22.2 Å². The van der Waals surface area contributed by atoms with Crippen LogP contribution in [0.3, 0.4) is 0 Å². The van der Waals surface area contributed by atoms with Crippen LogP contribution in [0.1, 0.15) is 64.7 Å². The van der Waals surface area contributed by atoms with Crippen LogP contribution in [-0.2, 0) is 10.1 Å². The van der Waals surface area contributed by atoms with Crippen molar-refractivity contribution in [2.24, 2.45) is 0 Å². The standard InChI is InChI=1S/C12H20N.C11H24O3S.FH/c1-5-9-13(10-6-2,11-7-3)12-8-4;1-2-3-4-5-6-7-8-9-10-11-15(12,13)14;/h5-8H,1-4,9-12H2;2-11H2,1H3,(H,12,13,14);1H/q+1;;/p-1. The predicted molar refractivity (Wildman–Crippen MR) is 124 cm³/mol. The van der Waals surface area contributed by atoms with Gasteiger partial charge in [-0.05, 0) is 30.7 Å². The zero-order chi connectivity index (χ0) is 21.7. The summed E-state index contributed by atoms with van der Waals surface area (Å²) in [4.78, 5) is 0. The van der Waals surface area contributed by atoms with Gasteiger partial charge in [0, 0.05) is 0 Å². The quantitative estimate of drug-likeness (QED) is 0.156. The summed E-state index contributed by atoms with van der Waals surface area (Å²) in [5.74, 6) is -0.0805. The monoisotopic (exact) mass is 433 g/mol. The van der Waals surface area contributed by atoms with E-state index in [-0.39, 0.29) is 10.5 Å². The Morgan fingerprint density at radius 1 is 0.690 bits per heavy atom. The first-order valence-electron chi connectivity index (χ1n) is 10.5. The highest BCUT2D eigenvalue weighted by Crippen LogP contribution is 2.10. The first kappa shape index (κ1) is 32.4. The normalized spacial score (nSPS) is 10.8. The number of hydrogen-bond donors (Lipinski definition) is 1. The van der Waals surface area contributed by atoms with Gasteiger partial charge in [0.25, 0.3) is 10.1 Å². The largest absolute Gasteiger partial charge is 1.00 e. The smallest absolute Gasteiger partial charge is 0.264 e. The third-order valence-electron chi connectivity index (χ3n) is 4.57. The lowest BCUT2D eigenvalue weighted by atomic mass is 10.1. The molecule has 0 saturated heterocycles. The van der Waals surface area contributed by atoms with Crippen molar-refractivity contribution in [2.45, 2.75) is 64.7 Å². The van der Waals surface area contributed by atoms with Crippen LogP contribution < -0.4 is 4.70 Å². The predicted octanol–water partition coefficient (Wildman–Crippen LogP) is 2.96. The van der Waals surface area contributed by atoms with Crippen LogP contribution in [-0.4, -0.2) is 49.4 Å². The molecule has 0 spiro atoms. The van der Waals surface area contributed by atoms with Gasteiger partial charge in [0.2, 0.25) is 0 Å². The van der Waals surface area contributed by atoms with Crippen molar-refractivity contribution in [3.8, 4) is 0 Å². The molecular weight excluding hydrogens is 389 g/mol. The minimum absolute atomic E-state index is 0. The van der Waals surface area contributed by atoms with Crippen LogP contribution in [0.5, 0.6) is 0 Å². The van der Waals surface area contributed by atoms with Gasteiger partial charge in [0.1, 0.15) is 0 Å². The Morgan fingerprint density at radius 3 is 1.28 bits per heavy atom. The van der Waals surface area contributed by atoms with Crippen LogP contribution >= 0.6 is 0 Å². The number of hydrogen-bond acceptors (Lipinski definition) is 2. The lowest BCUT2D eigenvalue weighted by Gasteiger charge is -2.35. The molecule has 0 unspecified atom stereocenters. The topological polar surface area (TPSA) is 54.4 Å². The Bertz CT molecular complexity index is 473. The lowest BCUT2D eigenvalue weighted by molar-refractivity contribution is -0.906. The van der Waals surface area contributed by atoms with Crippen molar-refractivity contribution in [1.82, 2.24) is 0 Å². The van der Waals surface area contributed by atoms with Crippen LogP contribution in [0.4, 0.5) is 0 Å². The first-order chi connectivity index (χ1) is 13.3. The molecule has 0 aromatic rings. The molecule has 0 radical (unpaired) electrons. The van der Waals surface area contributed by atoms with Gasteiger partial charge in [-0.2, -0.15) is 8.42 Å². The van der Waals surface area contributed by atoms with Crippen molar-refractivity contribution in [1.29, 1.82) is 0 Å². The second-order valence-electron chi connectivity index (χ2n) is 7.34. The third kappa shape index (κ3) is 22.9. The van der Waals surface area contributed by atoms with E-state index < -0.39 is 10.1 Å². The van der Waals surface area contributed by atoms with E-state index in [9.17, 15) is 8.42 Å². The van der Waals surface area contributed by atoms with Gasteiger partial charge < -0.3 is 9.19 Å². The summed E-state index contributed by atoms with van der Waals surface area (Å²) in [6.45, 7) is 21.0. The van der Waals surface area contributed by atoms with E-state index >= 15 is 0 Å². The summed E-state index contributed by atoms with van der Waals surface area (Å²) in [6, 6.07) is 0. The maximum atomic E-state index is 10.4. The maximum absolute atomic E-state index is 10.4. The van der Waals surface area contributed by atoms with Crippen LogP contribution in [0, 0.1) is 0 Å². The van der Waals surface area contributed by atoms with Crippen molar-refractivity contribution in [2.75, 3.05) is 31.9 Å². The minimum atomic E-state index is -3.73. The van der Waals surface area contributed by atoms with E-state index in [2.05, 4.69) is 33.2 Å². The molecule has 0 rings (SSSR count). The molecule has 0 aliphatic rings. The fourth-order valence-electron chi connectivity index (χ4n) is 3.14. The van der Waals surface area contributed by atoms with Gasteiger partial charge >= 0.3 is 0 Å². The van der Waals surface area contributed by atoms with Gasteiger partial charge in [-0.1, -0.05) is 84.6 Å². The number of rotatable bonds is 18. The van der Waals surface area contributed by atoms with Crippen LogP contribution in [0.25, 0.3) is 0 Å². The molecule has 0 amide bonds. The van der Waals surface area contributed by atoms with Crippen LogP contribution in [0.2, 0.25) is 0 Å². The maximum Gasteiger partial charge on any atom is 0.264 e. The van der Waals surface area contributed by atoms with Crippen LogP contribution in [0.15, 0.2) is 50.6 Å². The fraction of sp³-hybridized carbons (Fsp3) is 0.652. The number of halogens is 1. The van der Waals surface area contributed by atoms with E-state index in [1.807, 2.05) is 24.3 Å². The summed E-state index contributed by atoms with van der Waals surface area (Å²) in [7, 11) is -3.73. The molecule has 0 fully saturated rings. The summed E-state index contributed by atoms with van der Waals surface area (Å²) in [5, 5.41) is 0. The SMILES string of the molecule is C=CC[N+](CC=C)(CC=C)CC=C.CCCCCCCCCCCS(=O)(=O)O.[F-]. The Morgan fingerprint density at radius 2 is 1.00 bits per heavy atom. The zero-order valence-electron chi connectivity index (χ0n) is 18.5. The summed E-state index contributed by atoms with van der Waals surface area (Å²) < 4.78 is 30.2. The average Bonchev–Trinajstić information content (AvgIpc) is 2.61. The molecular formula is C23H44FNO3S. The molecule has 0 aliphatic carbocycles. The number of nitrogens with zero attached hydrogens (tertiary/aromatic N) is 1. The molecule has 0 aromatic heterocycles. The molecule has 0 aliphatic heterocycles. The summed E-state index contributed by atoms with van der Waals surface area (Å²) in [6.07, 6.45) is 18.0. The Balaban J connectivity index is -0.000000455. The van der Waals surface area contributed by atoms with Crippen molar-refractivity contribution in [3.63, 3.8) is 0 Å². The molecule has 6 heteroatoms. The number of quaternary nitrogens is 1. The third-order valence-corrected chi connectivity index (χ3v) is 5.38.